The van der Waals surface area contributed by atoms with Gasteiger partial charge in [-0.25, -0.2) is 9.97 Å². The third kappa shape index (κ3) is 3.38. The summed E-state index contributed by atoms with van der Waals surface area (Å²) in [6, 6.07) is 1.63. The molecular formula is C8H9ClN2O2. The molecule has 0 spiro atoms. The lowest BCUT2D eigenvalue weighted by Gasteiger charge is -1.99. The van der Waals surface area contributed by atoms with Crippen LogP contribution in [0.1, 0.15) is 17.9 Å². The van der Waals surface area contributed by atoms with Crippen molar-refractivity contribution in [2.45, 2.75) is 19.8 Å². The van der Waals surface area contributed by atoms with Crippen LogP contribution in [-0.2, 0) is 11.2 Å². The first-order valence-electron chi connectivity index (χ1n) is 3.80. The van der Waals surface area contributed by atoms with Gasteiger partial charge in [0, 0.05) is 12.1 Å². The van der Waals surface area contributed by atoms with Crippen molar-refractivity contribution >= 4 is 17.6 Å². The zero-order valence-electron chi connectivity index (χ0n) is 7.12. The summed E-state index contributed by atoms with van der Waals surface area (Å²) in [6.45, 7) is 1.79. The number of carboxylic acids is 1. The van der Waals surface area contributed by atoms with Crippen LogP contribution in [0, 0.1) is 6.92 Å². The quantitative estimate of drug-likeness (QED) is 0.751. The van der Waals surface area contributed by atoms with Crippen LogP contribution in [0.4, 0.5) is 0 Å². The Morgan fingerprint density at radius 3 is 2.85 bits per heavy atom. The van der Waals surface area contributed by atoms with Crippen LogP contribution in [0.5, 0.6) is 0 Å². The van der Waals surface area contributed by atoms with Gasteiger partial charge in [0.25, 0.3) is 0 Å². The average molecular weight is 201 g/mol. The van der Waals surface area contributed by atoms with Crippen molar-refractivity contribution in [3.05, 3.63) is 22.7 Å². The molecule has 0 amide bonds. The summed E-state index contributed by atoms with van der Waals surface area (Å²) in [5.74, 6) is -0.381. The van der Waals surface area contributed by atoms with Crippen molar-refractivity contribution in [1.82, 2.24) is 9.97 Å². The molecule has 0 aliphatic rings. The Kier molecular flexibility index (Phi) is 3.19. The topological polar surface area (TPSA) is 63.1 Å². The Labute approximate surface area is 80.6 Å². The molecule has 0 fully saturated rings. The van der Waals surface area contributed by atoms with Crippen molar-refractivity contribution in [2.24, 2.45) is 0 Å². The molecule has 0 aliphatic heterocycles. The molecule has 1 aromatic rings. The molecule has 0 saturated carbocycles. The minimum atomic E-state index is -0.860. The van der Waals surface area contributed by atoms with Gasteiger partial charge in [-0.15, -0.1) is 0 Å². The Morgan fingerprint density at radius 1 is 1.62 bits per heavy atom. The number of aliphatic carboxylic acids is 1. The molecule has 1 heterocycles. The maximum atomic E-state index is 10.3. The minimum absolute atomic E-state index is 0.0276. The standard InChI is InChI=1S/C8H9ClN2O2/c1-5-4-6(9)11-7(10-5)2-3-8(12)13/h4H,2-3H2,1H3,(H,12,13). The van der Waals surface area contributed by atoms with Gasteiger partial charge in [0.2, 0.25) is 0 Å². The van der Waals surface area contributed by atoms with E-state index in [1.54, 1.807) is 13.0 Å². The molecule has 70 valence electrons. The summed E-state index contributed by atoms with van der Waals surface area (Å²) in [7, 11) is 0. The van der Waals surface area contributed by atoms with Crippen LogP contribution >= 0.6 is 11.6 Å². The SMILES string of the molecule is Cc1cc(Cl)nc(CCC(=O)O)n1. The van der Waals surface area contributed by atoms with Gasteiger partial charge in [-0.05, 0) is 13.0 Å². The highest BCUT2D eigenvalue weighted by Crippen LogP contribution is 2.07. The monoisotopic (exact) mass is 200 g/mol. The molecular weight excluding hydrogens is 192 g/mol. The average Bonchev–Trinajstić information content (AvgIpc) is 1.99. The first-order valence-corrected chi connectivity index (χ1v) is 4.17. The molecule has 13 heavy (non-hydrogen) atoms. The maximum absolute atomic E-state index is 10.3. The van der Waals surface area contributed by atoms with E-state index in [2.05, 4.69) is 9.97 Å². The van der Waals surface area contributed by atoms with Crippen LogP contribution < -0.4 is 0 Å². The summed E-state index contributed by atoms with van der Waals surface area (Å²) in [6.07, 6.45) is 0.344. The summed E-state index contributed by atoms with van der Waals surface area (Å²) in [4.78, 5) is 18.2. The smallest absolute Gasteiger partial charge is 0.303 e. The lowest BCUT2D eigenvalue weighted by molar-refractivity contribution is -0.137. The number of carbonyl (C=O) groups is 1. The summed E-state index contributed by atoms with van der Waals surface area (Å²) < 4.78 is 0. The highest BCUT2D eigenvalue weighted by molar-refractivity contribution is 6.29. The first-order chi connectivity index (χ1) is 6.08. The molecule has 0 atom stereocenters. The van der Waals surface area contributed by atoms with Crippen molar-refractivity contribution in [1.29, 1.82) is 0 Å². The van der Waals surface area contributed by atoms with Crippen LogP contribution in [0.25, 0.3) is 0 Å². The first kappa shape index (κ1) is 9.92. The lowest BCUT2D eigenvalue weighted by Crippen LogP contribution is -2.02. The fourth-order valence-electron chi connectivity index (χ4n) is 0.919. The molecule has 1 N–H and O–H groups in total. The van der Waals surface area contributed by atoms with E-state index in [0.717, 1.165) is 5.69 Å². The van der Waals surface area contributed by atoms with E-state index in [4.69, 9.17) is 16.7 Å². The van der Waals surface area contributed by atoms with E-state index in [1.807, 2.05) is 0 Å². The third-order valence-corrected chi connectivity index (χ3v) is 1.63. The van der Waals surface area contributed by atoms with E-state index in [1.165, 1.54) is 0 Å². The molecule has 1 aromatic heterocycles. The van der Waals surface area contributed by atoms with Gasteiger partial charge >= 0.3 is 5.97 Å². The fraction of sp³-hybridized carbons (Fsp3) is 0.375. The zero-order chi connectivity index (χ0) is 9.84. The predicted octanol–water partition coefficient (Wildman–Crippen LogP) is 1.46. The Bertz CT molecular complexity index is 308. The number of halogens is 1. The van der Waals surface area contributed by atoms with Crippen molar-refractivity contribution in [3.63, 3.8) is 0 Å². The second-order valence-corrected chi connectivity index (χ2v) is 3.03. The number of nitrogens with zero attached hydrogens (tertiary/aromatic N) is 2. The van der Waals surface area contributed by atoms with Gasteiger partial charge in [-0.1, -0.05) is 11.6 Å². The number of hydrogen-bond donors (Lipinski definition) is 1. The second kappa shape index (κ2) is 4.18. The van der Waals surface area contributed by atoms with Gasteiger partial charge in [0.15, 0.2) is 0 Å². The molecule has 0 unspecified atom stereocenters. The van der Waals surface area contributed by atoms with Crippen molar-refractivity contribution < 1.29 is 9.90 Å². The maximum Gasteiger partial charge on any atom is 0.303 e. The molecule has 0 radical (unpaired) electrons. The van der Waals surface area contributed by atoms with E-state index >= 15 is 0 Å². The van der Waals surface area contributed by atoms with Gasteiger partial charge in [-0.2, -0.15) is 0 Å². The van der Waals surface area contributed by atoms with E-state index in [9.17, 15) is 4.79 Å². The molecule has 0 aromatic carbocycles. The van der Waals surface area contributed by atoms with E-state index in [-0.39, 0.29) is 6.42 Å². The number of rotatable bonds is 3. The summed E-state index contributed by atoms with van der Waals surface area (Å²) in [5.41, 5.74) is 0.750. The zero-order valence-corrected chi connectivity index (χ0v) is 7.88. The third-order valence-electron chi connectivity index (χ3n) is 1.43. The molecule has 1 rings (SSSR count). The van der Waals surface area contributed by atoms with Crippen LogP contribution in [-0.4, -0.2) is 21.0 Å². The second-order valence-electron chi connectivity index (χ2n) is 2.64. The number of hydrogen-bond acceptors (Lipinski definition) is 3. The highest BCUT2D eigenvalue weighted by Gasteiger charge is 2.03. The van der Waals surface area contributed by atoms with Crippen LogP contribution in [0.15, 0.2) is 6.07 Å². The van der Waals surface area contributed by atoms with Gasteiger partial charge in [-0.3, -0.25) is 4.79 Å². The van der Waals surface area contributed by atoms with E-state index in [0.29, 0.717) is 17.4 Å². The van der Waals surface area contributed by atoms with Gasteiger partial charge in [0.05, 0.1) is 6.42 Å². The molecule has 0 bridgehead atoms. The number of carboxylic acid groups (broad SMARTS) is 1. The van der Waals surface area contributed by atoms with Crippen LogP contribution in [0.2, 0.25) is 5.15 Å². The summed E-state index contributed by atoms with van der Waals surface area (Å²) in [5, 5.41) is 8.78. The highest BCUT2D eigenvalue weighted by atomic mass is 35.5. The summed E-state index contributed by atoms with van der Waals surface area (Å²) >= 11 is 5.67. The Morgan fingerprint density at radius 2 is 2.31 bits per heavy atom. The molecule has 5 heteroatoms. The molecule has 4 nitrogen and oxygen atoms in total. The normalized spacial score (nSPS) is 10.0. The van der Waals surface area contributed by atoms with Crippen molar-refractivity contribution in [2.75, 3.05) is 0 Å². The number of aryl methyl sites for hydroxylation is 2. The van der Waals surface area contributed by atoms with E-state index < -0.39 is 5.97 Å². The van der Waals surface area contributed by atoms with Gasteiger partial charge in [0.1, 0.15) is 11.0 Å². The largest absolute Gasteiger partial charge is 0.481 e. The van der Waals surface area contributed by atoms with Crippen LogP contribution in [0.3, 0.4) is 0 Å². The fourth-order valence-corrected chi connectivity index (χ4v) is 1.17. The molecule has 0 aliphatic carbocycles. The van der Waals surface area contributed by atoms with Crippen molar-refractivity contribution in [3.8, 4) is 0 Å². The molecule has 0 saturated heterocycles. The number of aromatic nitrogens is 2. The Balaban J connectivity index is 2.71. The minimum Gasteiger partial charge on any atom is -0.481 e. The Hall–Kier alpha value is -1.16. The van der Waals surface area contributed by atoms with Gasteiger partial charge < -0.3 is 5.11 Å². The lowest BCUT2D eigenvalue weighted by atomic mass is 10.3. The predicted molar refractivity (Wildman–Crippen MR) is 47.7 cm³/mol.